The fraction of sp³-hybridized carbons (Fsp3) is 0.714. The van der Waals surface area contributed by atoms with Crippen molar-refractivity contribution in [3.63, 3.8) is 0 Å². The summed E-state index contributed by atoms with van der Waals surface area (Å²) in [5, 5.41) is 0. The molecule has 0 aromatic carbocycles. The third kappa shape index (κ3) is 4.87. The predicted molar refractivity (Wildman–Crippen MR) is 111 cm³/mol. The van der Waals surface area contributed by atoms with E-state index in [1.807, 2.05) is 17.9 Å². The van der Waals surface area contributed by atoms with Gasteiger partial charge < -0.3 is 4.90 Å². The first-order valence-corrected chi connectivity index (χ1v) is 12.2. The van der Waals surface area contributed by atoms with Crippen LogP contribution in [0, 0.1) is 18.4 Å². The molecule has 150 valence electrons. The Hall–Kier alpha value is -1.48. The molecule has 0 amide bonds. The summed E-state index contributed by atoms with van der Waals surface area (Å²) in [6.45, 7) is 16.2. The molecular weight excluding hydrogens is 360 g/mol. The number of nitrogens with zero attached hydrogens (tertiary/aromatic N) is 3. The Bertz CT molecular complexity index is 688. The molecule has 0 aliphatic carbocycles. The van der Waals surface area contributed by atoms with E-state index < -0.39 is 14.0 Å². The van der Waals surface area contributed by atoms with Gasteiger partial charge >= 0.3 is 0 Å². The van der Waals surface area contributed by atoms with E-state index in [-0.39, 0.29) is 25.9 Å². The Balaban J connectivity index is 2.36. The molecule has 1 aliphatic rings. The normalized spacial score (nSPS) is 17.4. The van der Waals surface area contributed by atoms with Gasteiger partial charge in [0.1, 0.15) is 13.8 Å². The quantitative estimate of drug-likeness (QED) is 0.493. The van der Waals surface area contributed by atoms with Crippen molar-refractivity contribution in [1.29, 1.82) is 0 Å². The van der Waals surface area contributed by atoms with Crippen LogP contribution in [-0.2, 0) is 0 Å². The van der Waals surface area contributed by atoms with Crippen LogP contribution >= 0.6 is 0 Å². The molecule has 1 aromatic rings. The molecule has 1 aliphatic heterocycles. The second-order valence-electron chi connectivity index (χ2n) is 8.68. The van der Waals surface area contributed by atoms with E-state index in [2.05, 4.69) is 63.0 Å². The zero-order chi connectivity index (χ0) is 20.4. The van der Waals surface area contributed by atoms with Crippen LogP contribution in [0.3, 0.4) is 0 Å². The molecule has 27 heavy (non-hydrogen) atoms. The summed E-state index contributed by atoms with van der Waals surface area (Å²) in [6, 6.07) is 1.90. The van der Waals surface area contributed by atoms with Crippen molar-refractivity contribution in [2.24, 2.45) is 0 Å². The lowest BCUT2D eigenvalue weighted by Crippen LogP contribution is -2.43. The molecule has 2 heterocycles. The second kappa shape index (κ2) is 8.26. The number of anilines is 1. The van der Waals surface area contributed by atoms with E-state index in [1.165, 1.54) is 0 Å². The van der Waals surface area contributed by atoms with Crippen molar-refractivity contribution in [2.45, 2.75) is 83.9 Å². The van der Waals surface area contributed by atoms with E-state index in [0.717, 1.165) is 5.69 Å². The van der Waals surface area contributed by atoms with Crippen LogP contribution in [0.5, 0.6) is 0 Å². The Kier molecular flexibility index (Phi) is 6.67. The standard InChI is InChI=1S/C21H33F2N3Si/c1-15(2)27(16(3)4,17(5)6)13-8-19-14-18(7)24-20(25-19)26-11-9-21(22,23)10-12-26/h14-17H,9-12H2,1-7H3. The molecular formula is C21H33F2N3Si. The highest BCUT2D eigenvalue weighted by atomic mass is 28.3. The molecule has 0 spiro atoms. The minimum absolute atomic E-state index is 0.143. The summed E-state index contributed by atoms with van der Waals surface area (Å²) in [7, 11) is -1.84. The second-order valence-corrected chi connectivity index (χ2v) is 14.3. The number of piperidine rings is 1. The summed E-state index contributed by atoms with van der Waals surface area (Å²) < 4.78 is 26.9. The Morgan fingerprint density at radius 2 is 1.52 bits per heavy atom. The zero-order valence-electron chi connectivity index (χ0n) is 17.7. The van der Waals surface area contributed by atoms with Crippen molar-refractivity contribution < 1.29 is 8.78 Å². The highest BCUT2D eigenvalue weighted by Gasteiger charge is 2.41. The molecule has 1 fully saturated rings. The lowest BCUT2D eigenvalue weighted by atomic mass is 10.1. The average molecular weight is 394 g/mol. The number of hydrogen-bond donors (Lipinski definition) is 0. The van der Waals surface area contributed by atoms with E-state index in [1.54, 1.807) is 0 Å². The first-order chi connectivity index (χ1) is 12.5. The SMILES string of the molecule is Cc1cc(C#C[Si](C(C)C)(C(C)C)C(C)C)nc(N2CCC(F)(F)CC2)n1. The lowest BCUT2D eigenvalue weighted by molar-refractivity contribution is -0.0222. The Morgan fingerprint density at radius 1 is 1.00 bits per heavy atom. The van der Waals surface area contributed by atoms with Crippen molar-refractivity contribution in [3.8, 4) is 11.5 Å². The summed E-state index contributed by atoms with van der Waals surface area (Å²) >= 11 is 0. The van der Waals surface area contributed by atoms with Gasteiger partial charge in [-0.2, -0.15) is 0 Å². The fourth-order valence-corrected chi connectivity index (χ4v) is 9.61. The largest absolute Gasteiger partial charge is 0.340 e. The predicted octanol–water partition coefficient (Wildman–Crippen LogP) is 5.59. The molecule has 1 saturated heterocycles. The van der Waals surface area contributed by atoms with E-state index >= 15 is 0 Å². The van der Waals surface area contributed by atoms with Crippen LogP contribution in [0.25, 0.3) is 0 Å². The van der Waals surface area contributed by atoms with Gasteiger partial charge in [-0.05, 0) is 29.6 Å². The molecule has 3 nitrogen and oxygen atoms in total. The monoisotopic (exact) mass is 393 g/mol. The number of rotatable bonds is 4. The first kappa shape index (κ1) is 21.8. The van der Waals surface area contributed by atoms with Gasteiger partial charge in [0.2, 0.25) is 5.95 Å². The molecule has 0 atom stereocenters. The highest BCUT2D eigenvalue weighted by Crippen LogP contribution is 2.40. The van der Waals surface area contributed by atoms with Crippen molar-refractivity contribution in [1.82, 2.24) is 9.97 Å². The van der Waals surface area contributed by atoms with Crippen LogP contribution in [0.15, 0.2) is 6.07 Å². The minimum atomic E-state index is -2.57. The van der Waals surface area contributed by atoms with Gasteiger partial charge in [-0.3, -0.25) is 0 Å². The molecule has 6 heteroatoms. The maximum absolute atomic E-state index is 13.4. The van der Waals surface area contributed by atoms with Gasteiger partial charge in [0.25, 0.3) is 5.92 Å². The molecule has 0 bridgehead atoms. The van der Waals surface area contributed by atoms with E-state index in [9.17, 15) is 8.78 Å². The third-order valence-electron chi connectivity index (χ3n) is 5.89. The van der Waals surface area contributed by atoms with Crippen molar-refractivity contribution >= 4 is 14.0 Å². The Morgan fingerprint density at radius 3 is 2.00 bits per heavy atom. The van der Waals surface area contributed by atoms with Crippen LogP contribution in [0.1, 0.15) is 65.8 Å². The number of halogens is 2. The average Bonchev–Trinajstić information content (AvgIpc) is 2.53. The number of alkyl halides is 2. The zero-order valence-corrected chi connectivity index (χ0v) is 18.7. The maximum atomic E-state index is 13.4. The summed E-state index contributed by atoms with van der Waals surface area (Å²) in [5.74, 6) is 1.31. The van der Waals surface area contributed by atoms with Crippen LogP contribution in [-0.4, -0.2) is 37.1 Å². The molecule has 1 aromatic heterocycles. The van der Waals surface area contributed by atoms with E-state index in [4.69, 9.17) is 0 Å². The van der Waals surface area contributed by atoms with Gasteiger partial charge in [0, 0.05) is 31.6 Å². The number of aryl methyl sites for hydroxylation is 1. The topological polar surface area (TPSA) is 29.0 Å². The molecule has 0 radical (unpaired) electrons. The van der Waals surface area contributed by atoms with Crippen LogP contribution in [0.4, 0.5) is 14.7 Å². The minimum Gasteiger partial charge on any atom is -0.340 e. The van der Waals surface area contributed by atoms with Gasteiger partial charge in [-0.15, -0.1) is 5.54 Å². The molecule has 0 unspecified atom stereocenters. The lowest BCUT2D eigenvalue weighted by Gasteiger charge is -2.38. The highest BCUT2D eigenvalue weighted by molar-refractivity contribution is 6.90. The van der Waals surface area contributed by atoms with Crippen LogP contribution in [0.2, 0.25) is 16.6 Å². The maximum Gasteiger partial charge on any atom is 0.251 e. The fourth-order valence-electron chi connectivity index (χ4n) is 4.40. The van der Waals surface area contributed by atoms with Gasteiger partial charge in [-0.1, -0.05) is 47.5 Å². The summed E-state index contributed by atoms with van der Waals surface area (Å²) in [5.41, 5.74) is 6.86. The smallest absolute Gasteiger partial charge is 0.251 e. The Labute approximate surface area is 164 Å². The summed E-state index contributed by atoms with van der Waals surface area (Å²) in [4.78, 5) is 10.9. The van der Waals surface area contributed by atoms with Crippen molar-refractivity contribution in [3.05, 3.63) is 17.5 Å². The third-order valence-corrected chi connectivity index (χ3v) is 12.2. The van der Waals surface area contributed by atoms with Gasteiger partial charge in [0.05, 0.1) is 0 Å². The van der Waals surface area contributed by atoms with Gasteiger partial charge in [-0.25, -0.2) is 18.7 Å². The van der Waals surface area contributed by atoms with Gasteiger partial charge in [0.15, 0.2) is 0 Å². The van der Waals surface area contributed by atoms with E-state index in [0.29, 0.717) is 28.3 Å². The van der Waals surface area contributed by atoms with Crippen molar-refractivity contribution in [2.75, 3.05) is 18.0 Å². The number of aromatic nitrogens is 2. The van der Waals surface area contributed by atoms with Crippen LogP contribution < -0.4 is 4.90 Å². The molecule has 2 rings (SSSR count). The molecule has 0 saturated carbocycles. The number of hydrogen-bond acceptors (Lipinski definition) is 3. The molecule has 0 N–H and O–H groups in total. The first-order valence-electron chi connectivity index (χ1n) is 9.99. The summed E-state index contributed by atoms with van der Waals surface area (Å²) in [6.07, 6.45) is -0.287.